The fourth-order valence-corrected chi connectivity index (χ4v) is 4.48. The molecule has 0 aliphatic rings. The summed E-state index contributed by atoms with van der Waals surface area (Å²) >= 11 is 1.21. The molecule has 2 aromatic carbocycles. The molecule has 0 bridgehead atoms. The van der Waals surface area contributed by atoms with Gasteiger partial charge in [-0.2, -0.15) is 5.26 Å². The number of nitrogens with one attached hydrogen (secondary N) is 1. The molecule has 180 valence electrons. The summed E-state index contributed by atoms with van der Waals surface area (Å²) in [4.78, 5) is 44.1. The van der Waals surface area contributed by atoms with Gasteiger partial charge in [-0.1, -0.05) is 36.4 Å². The summed E-state index contributed by atoms with van der Waals surface area (Å²) in [6.07, 6.45) is 1.33. The van der Waals surface area contributed by atoms with Crippen LogP contribution >= 0.6 is 11.3 Å². The fraction of sp³-hybridized carbons (Fsp3) is 0.115. The van der Waals surface area contributed by atoms with Gasteiger partial charge in [-0.25, -0.2) is 9.67 Å². The van der Waals surface area contributed by atoms with E-state index in [1.54, 1.807) is 48.3 Å². The molecule has 0 spiro atoms. The smallest absolute Gasteiger partial charge is 0.295 e. The highest BCUT2D eigenvalue weighted by atomic mass is 32.1. The zero-order valence-corrected chi connectivity index (χ0v) is 20.6. The van der Waals surface area contributed by atoms with E-state index in [0.29, 0.717) is 27.9 Å². The molecular formula is C26H22N6O3S. The maximum Gasteiger partial charge on any atom is 0.295 e. The van der Waals surface area contributed by atoms with E-state index >= 15 is 0 Å². The number of carbonyl (C=O) groups excluding carboxylic acids is 2. The fourth-order valence-electron chi connectivity index (χ4n) is 3.64. The van der Waals surface area contributed by atoms with Crippen molar-refractivity contribution >= 4 is 45.7 Å². The number of anilines is 3. The van der Waals surface area contributed by atoms with Crippen LogP contribution in [0.5, 0.6) is 0 Å². The molecule has 0 saturated carbocycles. The van der Waals surface area contributed by atoms with E-state index in [0.717, 1.165) is 0 Å². The van der Waals surface area contributed by atoms with Crippen molar-refractivity contribution in [1.29, 1.82) is 5.26 Å². The van der Waals surface area contributed by atoms with Crippen molar-refractivity contribution in [3.8, 4) is 11.8 Å². The Hall–Kier alpha value is -4.75. The quantitative estimate of drug-likeness (QED) is 0.317. The van der Waals surface area contributed by atoms with Crippen molar-refractivity contribution in [2.75, 3.05) is 10.2 Å². The lowest BCUT2D eigenvalue weighted by atomic mass is 10.2. The molecule has 0 radical (unpaired) electrons. The van der Waals surface area contributed by atoms with Crippen LogP contribution in [0.2, 0.25) is 0 Å². The minimum absolute atomic E-state index is 0.0818. The molecule has 0 aliphatic carbocycles. The Morgan fingerprint density at radius 3 is 2.36 bits per heavy atom. The predicted octanol–water partition coefficient (Wildman–Crippen LogP) is 4.17. The molecule has 0 saturated heterocycles. The van der Waals surface area contributed by atoms with E-state index in [9.17, 15) is 19.6 Å². The third-order valence-corrected chi connectivity index (χ3v) is 6.32. The van der Waals surface area contributed by atoms with Gasteiger partial charge in [-0.3, -0.25) is 24.0 Å². The molecule has 9 nitrogen and oxygen atoms in total. The average molecular weight is 499 g/mol. The minimum Gasteiger partial charge on any atom is -0.315 e. The number of benzene rings is 2. The van der Waals surface area contributed by atoms with E-state index in [1.165, 1.54) is 33.9 Å². The predicted molar refractivity (Wildman–Crippen MR) is 139 cm³/mol. The van der Waals surface area contributed by atoms with Crippen LogP contribution in [-0.2, 0) is 16.6 Å². The van der Waals surface area contributed by atoms with Crippen molar-refractivity contribution in [2.45, 2.75) is 13.8 Å². The highest BCUT2D eigenvalue weighted by molar-refractivity contribution is 7.14. The lowest BCUT2D eigenvalue weighted by Gasteiger charge is -2.17. The molecule has 4 aromatic rings. The lowest BCUT2D eigenvalue weighted by Crippen LogP contribution is -2.23. The second kappa shape index (κ2) is 10.2. The minimum atomic E-state index is -0.732. The van der Waals surface area contributed by atoms with Crippen molar-refractivity contribution < 1.29 is 9.59 Å². The number of nitrogens with zero attached hydrogens (tertiary/aromatic N) is 5. The molecule has 0 unspecified atom stereocenters. The number of thiazole rings is 1. The maximum absolute atomic E-state index is 13.1. The Morgan fingerprint density at radius 1 is 1.11 bits per heavy atom. The summed E-state index contributed by atoms with van der Waals surface area (Å²) in [6.45, 7) is 3.14. The first-order chi connectivity index (χ1) is 17.3. The monoisotopic (exact) mass is 498 g/mol. The number of carbonyl (C=O) groups is 2. The number of hydrogen-bond acceptors (Lipinski definition) is 6. The standard InChI is InChI=1S/C26H22N6O3S/c1-17-23(25(35)32(30(17)3)22-12-8-5-9-13-22)29-24(34)19(15-27)14-20-16-36-26(28-20)31(18(2)33)21-10-6-4-7-11-21/h4-14,16H,1-3H3,(H,29,34)/b19-14+. The third-order valence-electron chi connectivity index (χ3n) is 5.48. The van der Waals surface area contributed by atoms with Crippen LogP contribution in [0, 0.1) is 18.3 Å². The highest BCUT2D eigenvalue weighted by Gasteiger charge is 2.21. The Kier molecular flexibility index (Phi) is 6.94. The van der Waals surface area contributed by atoms with Gasteiger partial charge in [0.1, 0.15) is 17.3 Å². The van der Waals surface area contributed by atoms with Crippen LogP contribution in [-0.4, -0.2) is 26.2 Å². The van der Waals surface area contributed by atoms with Crippen molar-refractivity contribution in [3.63, 3.8) is 0 Å². The van der Waals surface area contributed by atoms with Gasteiger partial charge >= 0.3 is 0 Å². The molecule has 10 heteroatoms. The van der Waals surface area contributed by atoms with Gasteiger partial charge in [-0.05, 0) is 37.3 Å². The van der Waals surface area contributed by atoms with Gasteiger partial charge in [0.25, 0.3) is 11.5 Å². The number of hydrogen-bond donors (Lipinski definition) is 1. The molecule has 0 atom stereocenters. The van der Waals surface area contributed by atoms with Gasteiger partial charge < -0.3 is 5.32 Å². The van der Waals surface area contributed by atoms with E-state index in [2.05, 4.69) is 10.3 Å². The van der Waals surface area contributed by atoms with Gasteiger partial charge in [0, 0.05) is 19.4 Å². The summed E-state index contributed by atoms with van der Waals surface area (Å²) in [5, 5.41) is 14.3. The number of rotatable bonds is 6. The summed E-state index contributed by atoms with van der Waals surface area (Å²) in [7, 11) is 1.71. The van der Waals surface area contributed by atoms with Gasteiger partial charge in [-0.15, -0.1) is 11.3 Å². The van der Waals surface area contributed by atoms with Gasteiger partial charge in [0.2, 0.25) is 5.91 Å². The normalized spacial score (nSPS) is 11.1. The second-order valence-corrected chi connectivity index (χ2v) is 8.64. The second-order valence-electron chi connectivity index (χ2n) is 7.81. The zero-order chi connectivity index (χ0) is 25.8. The molecule has 36 heavy (non-hydrogen) atoms. The molecular weight excluding hydrogens is 476 g/mol. The van der Waals surface area contributed by atoms with Crippen molar-refractivity contribution in [1.82, 2.24) is 14.3 Å². The number of para-hydroxylation sites is 2. The Bertz CT molecular complexity index is 1560. The van der Waals surface area contributed by atoms with Crippen LogP contribution < -0.4 is 15.8 Å². The molecule has 0 fully saturated rings. The molecule has 1 N–H and O–H groups in total. The summed E-state index contributed by atoms with van der Waals surface area (Å²) < 4.78 is 3.07. The van der Waals surface area contributed by atoms with E-state index in [-0.39, 0.29) is 17.2 Å². The van der Waals surface area contributed by atoms with Gasteiger partial charge in [0.15, 0.2) is 5.13 Å². The molecule has 2 amide bonds. The topological polar surface area (TPSA) is 113 Å². The zero-order valence-electron chi connectivity index (χ0n) is 19.8. The van der Waals surface area contributed by atoms with Crippen LogP contribution in [0.3, 0.4) is 0 Å². The SMILES string of the molecule is CC(=O)N(c1ccccc1)c1nc(/C=C(\C#N)C(=O)Nc2c(C)n(C)n(-c3ccccc3)c2=O)cs1. The van der Waals surface area contributed by atoms with Crippen LogP contribution in [0.15, 0.2) is 76.4 Å². The Labute approximate surface area is 211 Å². The first-order valence-electron chi connectivity index (χ1n) is 10.9. The molecule has 4 rings (SSSR count). The van der Waals surface area contributed by atoms with Crippen molar-refractivity contribution in [2.24, 2.45) is 7.05 Å². The summed E-state index contributed by atoms with van der Waals surface area (Å²) in [5.41, 5.74) is 1.62. The number of aromatic nitrogens is 3. The highest BCUT2D eigenvalue weighted by Crippen LogP contribution is 2.29. The third kappa shape index (κ3) is 4.73. The lowest BCUT2D eigenvalue weighted by molar-refractivity contribution is -0.116. The van der Waals surface area contributed by atoms with Crippen LogP contribution in [0.4, 0.5) is 16.5 Å². The molecule has 0 aliphatic heterocycles. The molecule has 2 aromatic heterocycles. The number of nitriles is 1. The molecule has 2 heterocycles. The summed E-state index contributed by atoms with van der Waals surface area (Å²) in [6, 6.07) is 20.0. The van der Waals surface area contributed by atoms with E-state index < -0.39 is 11.5 Å². The first kappa shape index (κ1) is 24.4. The van der Waals surface area contributed by atoms with E-state index in [4.69, 9.17) is 0 Å². The maximum atomic E-state index is 13.1. The van der Waals surface area contributed by atoms with Crippen LogP contribution in [0.25, 0.3) is 11.8 Å². The largest absolute Gasteiger partial charge is 0.315 e. The number of amides is 2. The van der Waals surface area contributed by atoms with Crippen molar-refractivity contribution in [3.05, 3.63) is 93.4 Å². The Morgan fingerprint density at radius 2 is 1.75 bits per heavy atom. The average Bonchev–Trinajstić information content (AvgIpc) is 3.41. The van der Waals surface area contributed by atoms with E-state index in [1.807, 2.05) is 42.5 Å². The van der Waals surface area contributed by atoms with Crippen LogP contribution in [0.1, 0.15) is 18.3 Å². The summed E-state index contributed by atoms with van der Waals surface area (Å²) in [5.74, 6) is -0.955. The Balaban J connectivity index is 1.62. The van der Waals surface area contributed by atoms with Gasteiger partial charge in [0.05, 0.1) is 22.8 Å². The first-order valence-corrected chi connectivity index (χ1v) is 11.8.